The minimum Gasteiger partial charge on any atom is -0.546 e. The summed E-state index contributed by atoms with van der Waals surface area (Å²) in [7, 11) is 0. The van der Waals surface area contributed by atoms with Crippen LogP contribution in [0.3, 0.4) is 0 Å². The van der Waals surface area contributed by atoms with Crippen molar-refractivity contribution in [3.8, 4) is 17.2 Å². The van der Waals surface area contributed by atoms with Crippen LogP contribution in [-0.4, -0.2) is 17.6 Å². The third-order valence-electron chi connectivity index (χ3n) is 3.01. The second-order valence-corrected chi connectivity index (χ2v) is 4.65. The third-order valence-corrected chi connectivity index (χ3v) is 3.01. The predicted molar refractivity (Wildman–Crippen MR) is 74.7 cm³/mol. The van der Waals surface area contributed by atoms with Crippen molar-refractivity contribution in [2.45, 2.75) is 6.92 Å². The molecule has 0 aliphatic rings. The summed E-state index contributed by atoms with van der Waals surface area (Å²) in [6.07, 6.45) is 0. The van der Waals surface area contributed by atoms with Crippen molar-refractivity contribution in [3.63, 3.8) is 0 Å². The molecule has 0 radical (unpaired) electrons. The minimum absolute atomic E-state index is 0.393. The van der Waals surface area contributed by atoms with E-state index in [1.807, 2.05) is 25.1 Å². The van der Waals surface area contributed by atoms with E-state index in [0.29, 0.717) is 22.8 Å². The molecule has 5 nitrogen and oxygen atoms in total. The Morgan fingerprint density at radius 1 is 1.29 bits per heavy atom. The Hall–Kier alpha value is -2.82. The molecule has 0 aliphatic heterocycles. The SMILES string of the molecule is Cc1ccc2nc(-c3ccccc3OCC(=O)[O-])oc2c1. The molecule has 0 fully saturated rings. The zero-order chi connectivity index (χ0) is 14.8. The number of aliphatic carboxylic acids is 1. The van der Waals surface area contributed by atoms with Crippen molar-refractivity contribution in [2.75, 3.05) is 6.61 Å². The lowest BCUT2D eigenvalue weighted by molar-refractivity contribution is -0.307. The number of benzene rings is 2. The number of ether oxygens (including phenoxy) is 1. The van der Waals surface area contributed by atoms with Crippen molar-refractivity contribution in [2.24, 2.45) is 0 Å². The first-order chi connectivity index (χ1) is 10.1. The lowest BCUT2D eigenvalue weighted by atomic mass is 10.2. The van der Waals surface area contributed by atoms with Gasteiger partial charge in [-0.05, 0) is 36.8 Å². The first kappa shape index (κ1) is 13.2. The number of hydrogen-bond donors (Lipinski definition) is 0. The van der Waals surface area contributed by atoms with Gasteiger partial charge >= 0.3 is 0 Å². The molecule has 2 aromatic carbocycles. The summed E-state index contributed by atoms with van der Waals surface area (Å²) in [5.41, 5.74) is 3.10. The van der Waals surface area contributed by atoms with E-state index in [-0.39, 0.29) is 0 Å². The monoisotopic (exact) mass is 282 g/mol. The number of carbonyl (C=O) groups is 1. The number of para-hydroxylation sites is 1. The Morgan fingerprint density at radius 2 is 2.10 bits per heavy atom. The van der Waals surface area contributed by atoms with Crippen LogP contribution in [0.15, 0.2) is 46.9 Å². The zero-order valence-corrected chi connectivity index (χ0v) is 11.3. The van der Waals surface area contributed by atoms with Gasteiger partial charge in [-0.15, -0.1) is 0 Å². The molecule has 0 atom stereocenters. The van der Waals surface area contributed by atoms with E-state index in [2.05, 4.69) is 4.98 Å². The van der Waals surface area contributed by atoms with E-state index in [1.165, 1.54) is 0 Å². The van der Waals surface area contributed by atoms with Gasteiger partial charge in [-0.2, -0.15) is 0 Å². The van der Waals surface area contributed by atoms with Crippen LogP contribution in [0.25, 0.3) is 22.6 Å². The topological polar surface area (TPSA) is 75.4 Å². The van der Waals surface area contributed by atoms with Crippen molar-refractivity contribution < 1.29 is 19.1 Å². The van der Waals surface area contributed by atoms with Gasteiger partial charge in [0.2, 0.25) is 5.89 Å². The van der Waals surface area contributed by atoms with Gasteiger partial charge in [0.1, 0.15) is 17.9 Å². The quantitative estimate of drug-likeness (QED) is 0.731. The van der Waals surface area contributed by atoms with E-state index >= 15 is 0 Å². The average Bonchev–Trinajstić information content (AvgIpc) is 2.88. The molecule has 0 spiro atoms. The highest BCUT2D eigenvalue weighted by atomic mass is 16.5. The first-order valence-electron chi connectivity index (χ1n) is 6.43. The molecule has 3 aromatic rings. The van der Waals surface area contributed by atoms with Gasteiger partial charge in [0.15, 0.2) is 5.58 Å². The van der Waals surface area contributed by atoms with Crippen LogP contribution in [0.2, 0.25) is 0 Å². The van der Waals surface area contributed by atoms with Gasteiger partial charge in [-0.1, -0.05) is 18.2 Å². The summed E-state index contributed by atoms with van der Waals surface area (Å²) in [5, 5.41) is 10.5. The number of carboxylic acid groups (broad SMARTS) is 1. The molecule has 1 aromatic heterocycles. The van der Waals surface area contributed by atoms with Crippen LogP contribution >= 0.6 is 0 Å². The summed E-state index contributed by atoms with van der Waals surface area (Å²) < 4.78 is 10.9. The lowest BCUT2D eigenvalue weighted by Crippen LogP contribution is -2.29. The fourth-order valence-corrected chi connectivity index (χ4v) is 2.05. The maximum absolute atomic E-state index is 10.5. The number of fused-ring (bicyclic) bond motifs is 1. The molecule has 1 heterocycles. The molecular weight excluding hydrogens is 270 g/mol. The number of carboxylic acids is 1. The Labute approximate surface area is 120 Å². The summed E-state index contributed by atoms with van der Waals surface area (Å²) >= 11 is 0. The van der Waals surface area contributed by atoms with Crippen molar-refractivity contribution in [1.29, 1.82) is 0 Å². The second kappa shape index (κ2) is 5.28. The van der Waals surface area contributed by atoms with Gasteiger partial charge < -0.3 is 19.1 Å². The van der Waals surface area contributed by atoms with Gasteiger partial charge in [-0.25, -0.2) is 4.98 Å². The van der Waals surface area contributed by atoms with Crippen LogP contribution in [0.4, 0.5) is 0 Å². The second-order valence-electron chi connectivity index (χ2n) is 4.65. The molecule has 0 saturated carbocycles. The first-order valence-corrected chi connectivity index (χ1v) is 6.43. The fourth-order valence-electron chi connectivity index (χ4n) is 2.05. The molecule has 0 bridgehead atoms. The molecule has 21 heavy (non-hydrogen) atoms. The molecule has 0 saturated heterocycles. The molecular formula is C16H12NO4-. The minimum atomic E-state index is -1.28. The molecule has 106 valence electrons. The molecule has 3 rings (SSSR count). The van der Waals surface area contributed by atoms with Crippen LogP contribution in [0, 0.1) is 6.92 Å². The van der Waals surface area contributed by atoms with Crippen molar-refractivity contribution >= 4 is 17.1 Å². The van der Waals surface area contributed by atoms with Crippen LogP contribution in [0.1, 0.15) is 5.56 Å². The predicted octanol–water partition coefficient (Wildman–Crippen LogP) is 1.93. The molecule has 0 unspecified atom stereocenters. The molecule has 5 heteroatoms. The summed E-state index contributed by atoms with van der Waals surface area (Å²) in [6, 6.07) is 12.7. The number of aromatic nitrogens is 1. The van der Waals surface area contributed by atoms with E-state index < -0.39 is 12.6 Å². The highest BCUT2D eigenvalue weighted by Gasteiger charge is 2.13. The average molecular weight is 282 g/mol. The standard InChI is InChI=1S/C16H13NO4/c1-10-6-7-12-14(8-10)21-16(17-12)11-4-2-3-5-13(11)20-9-15(18)19/h2-8H,9H2,1H3,(H,18,19)/p-1. The maximum atomic E-state index is 10.5. The van der Waals surface area contributed by atoms with Crippen LogP contribution in [0.5, 0.6) is 5.75 Å². The Morgan fingerprint density at radius 3 is 2.90 bits per heavy atom. The van der Waals surface area contributed by atoms with Gasteiger partial charge in [0.05, 0.1) is 11.5 Å². The number of oxazole rings is 1. The smallest absolute Gasteiger partial charge is 0.231 e. The molecule has 0 aliphatic carbocycles. The number of carbonyl (C=O) groups excluding carboxylic acids is 1. The van der Waals surface area contributed by atoms with Gasteiger partial charge in [0, 0.05) is 0 Å². The normalized spacial score (nSPS) is 10.7. The van der Waals surface area contributed by atoms with Crippen LogP contribution in [-0.2, 0) is 4.79 Å². The Bertz CT molecular complexity index is 807. The van der Waals surface area contributed by atoms with Crippen molar-refractivity contribution in [1.82, 2.24) is 4.98 Å². The maximum Gasteiger partial charge on any atom is 0.231 e. The summed E-state index contributed by atoms with van der Waals surface area (Å²) in [4.78, 5) is 14.9. The Kier molecular flexibility index (Phi) is 3.31. The van der Waals surface area contributed by atoms with Gasteiger partial charge in [0.25, 0.3) is 0 Å². The highest BCUT2D eigenvalue weighted by molar-refractivity contribution is 5.78. The van der Waals surface area contributed by atoms with Crippen LogP contribution < -0.4 is 9.84 Å². The number of rotatable bonds is 4. The van der Waals surface area contributed by atoms with E-state index in [1.54, 1.807) is 24.3 Å². The van der Waals surface area contributed by atoms with E-state index in [9.17, 15) is 9.90 Å². The molecule has 0 N–H and O–H groups in total. The van der Waals surface area contributed by atoms with Gasteiger partial charge in [-0.3, -0.25) is 0 Å². The number of aryl methyl sites for hydroxylation is 1. The molecule has 0 amide bonds. The summed E-state index contributed by atoms with van der Waals surface area (Å²) in [6.45, 7) is 1.45. The van der Waals surface area contributed by atoms with Crippen molar-refractivity contribution in [3.05, 3.63) is 48.0 Å². The number of nitrogens with zero attached hydrogens (tertiary/aromatic N) is 1. The highest BCUT2D eigenvalue weighted by Crippen LogP contribution is 2.31. The lowest BCUT2D eigenvalue weighted by Gasteiger charge is -2.09. The largest absolute Gasteiger partial charge is 0.546 e. The van der Waals surface area contributed by atoms with E-state index in [4.69, 9.17) is 9.15 Å². The number of hydrogen-bond acceptors (Lipinski definition) is 5. The Balaban J connectivity index is 2.03. The zero-order valence-electron chi connectivity index (χ0n) is 11.3. The summed E-state index contributed by atoms with van der Waals surface area (Å²) in [5.74, 6) is -0.493. The van der Waals surface area contributed by atoms with E-state index in [0.717, 1.165) is 11.1 Å². The third kappa shape index (κ3) is 2.72. The fraction of sp³-hybridized carbons (Fsp3) is 0.125.